The largest absolute Gasteiger partial charge is 0.550 e. The SMILES string of the molecule is O=C([O-])C[C@H](O)C[C@H](O)/C=C/c1c(C(F)(F)F)nn(-c2ccccn2)c1-c1ccc(F)cc1. The van der Waals surface area contributed by atoms with Crippen LogP contribution in [0.3, 0.4) is 0 Å². The van der Waals surface area contributed by atoms with Crippen molar-refractivity contribution in [3.63, 3.8) is 0 Å². The van der Waals surface area contributed by atoms with Gasteiger partial charge in [0.25, 0.3) is 0 Å². The summed E-state index contributed by atoms with van der Waals surface area (Å²) in [6.45, 7) is 0. The molecule has 11 heteroatoms. The van der Waals surface area contributed by atoms with Gasteiger partial charge >= 0.3 is 6.18 Å². The lowest BCUT2D eigenvalue weighted by molar-refractivity contribution is -0.307. The van der Waals surface area contributed by atoms with E-state index < -0.39 is 54.3 Å². The number of aliphatic hydroxyl groups is 2. The Bertz CT molecular complexity index is 1130. The van der Waals surface area contributed by atoms with Gasteiger partial charge in [-0.15, -0.1) is 0 Å². The fraction of sp³-hybridized carbons (Fsp3) is 0.227. The summed E-state index contributed by atoms with van der Waals surface area (Å²) in [6.07, 6.45) is -5.64. The molecule has 7 nitrogen and oxygen atoms in total. The van der Waals surface area contributed by atoms with Gasteiger partial charge in [-0.25, -0.2) is 14.1 Å². The van der Waals surface area contributed by atoms with Gasteiger partial charge in [-0.3, -0.25) is 0 Å². The summed E-state index contributed by atoms with van der Waals surface area (Å²) < 4.78 is 56.0. The molecule has 0 unspecified atom stereocenters. The van der Waals surface area contributed by atoms with Crippen LogP contribution in [0.4, 0.5) is 17.6 Å². The van der Waals surface area contributed by atoms with Gasteiger partial charge in [0.15, 0.2) is 11.5 Å². The van der Waals surface area contributed by atoms with Gasteiger partial charge in [-0.2, -0.15) is 18.3 Å². The van der Waals surface area contributed by atoms with E-state index in [1.165, 1.54) is 24.4 Å². The fourth-order valence-corrected chi connectivity index (χ4v) is 3.17. The van der Waals surface area contributed by atoms with E-state index in [0.29, 0.717) is 0 Å². The lowest BCUT2D eigenvalue weighted by Gasteiger charge is -2.13. The number of carbonyl (C=O) groups excluding carboxylic acids is 1. The molecule has 0 spiro atoms. The number of hydrogen-bond donors (Lipinski definition) is 2. The zero-order valence-corrected chi connectivity index (χ0v) is 16.9. The summed E-state index contributed by atoms with van der Waals surface area (Å²) in [7, 11) is 0. The van der Waals surface area contributed by atoms with Gasteiger partial charge in [-0.1, -0.05) is 18.2 Å². The average Bonchev–Trinajstić information content (AvgIpc) is 3.13. The van der Waals surface area contributed by atoms with Crippen molar-refractivity contribution in [3.8, 4) is 17.1 Å². The van der Waals surface area contributed by atoms with E-state index >= 15 is 0 Å². The van der Waals surface area contributed by atoms with E-state index in [-0.39, 0.29) is 17.1 Å². The average molecular weight is 464 g/mol. The third kappa shape index (κ3) is 6.02. The molecule has 174 valence electrons. The highest BCUT2D eigenvalue weighted by atomic mass is 19.4. The number of aromatic nitrogens is 3. The lowest BCUT2D eigenvalue weighted by atomic mass is 10.0. The molecule has 2 heterocycles. The number of alkyl halides is 3. The molecular weight excluding hydrogens is 446 g/mol. The first-order valence-corrected chi connectivity index (χ1v) is 9.68. The Morgan fingerprint density at radius 1 is 1.15 bits per heavy atom. The molecule has 0 aliphatic rings. The fourth-order valence-electron chi connectivity index (χ4n) is 3.17. The Morgan fingerprint density at radius 3 is 2.42 bits per heavy atom. The molecule has 0 saturated carbocycles. The highest BCUT2D eigenvalue weighted by Gasteiger charge is 2.39. The zero-order chi connectivity index (χ0) is 24.2. The molecule has 2 N–H and O–H groups in total. The number of aliphatic carboxylic acids is 1. The van der Waals surface area contributed by atoms with Crippen molar-refractivity contribution in [1.29, 1.82) is 0 Å². The van der Waals surface area contributed by atoms with E-state index in [2.05, 4.69) is 10.1 Å². The molecule has 0 aliphatic carbocycles. The molecule has 3 rings (SSSR count). The molecule has 2 atom stereocenters. The lowest BCUT2D eigenvalue weighted by Crippen LogP contribution is -2.29. The van der Waals surface area contributed by atoms with Crippen molar-refractivity contribution in [2.24, 2.45) is 0 Å². The number of carboxylic acids is 1. The Balaban J connectivity index is 2.13. The first-order valence-electron chi connectivity index (χ1n) is 9.68. The van der Waals surface area contributed by atoms with E-state index in [4.69, 9.17) is 0 Å². The maximum atomic E-state index is 13.9. The summed E-state index contributed by atoms with van der Waals surface area (Å²) >= 11 is 0. The minimum absolute atomic E-state index is 0.0558. The number of rotatable bonds is 8. The normalized spacial score (nSPS) is 13.9. The third-order valence-electron chi connectivity index (χ3n) is 4.58. The maximum Gasteiger partial charge on any atom is 0.435 e. The van der Waals surface area contributed by atoms with Crippen molar-refractivity contribution in [3.05, 3.63) is 71.8 Å². The highest BCUT2D eigenvalue weighted by Crippen LogP contribution is 2.38. The van der Waals surface area contributed by atoms with Crippen molar-refractivity contribution in [1.82, 2.24) is 14.8 Å². The van der Waals surface area contributed by atoms with Crippen LogP contribution in [-0.4, -0.2) is 43.2 Å². The van der Waals surface area contributed by atoms with Crippen LogP contribution < -0.4 is 5.11 Å². The van der Waals surface area contributed by atoms with Crippen molar-refractivity contribution in [2.75, 3.05) is 0 Å². The number of carboxylic acid groups (broad SMARTS) is 1. The van der Waals surface area contributed by atoms with Crippen LogP contribution >= 0.6 is 0 Å². The van der Waals surface area contributed by atoms with Gasteiger partial charge in [0, 0.05) is 36.1 Å². The second-order valence-electron chi connectivity index (χ2n) is 7.11. The number of nitrogens with zero attached hydrogens (tertiary/aromatic N) is 3. The minimum atomic E-state index is -4.88. The van der Waals surface area contributed by atoms with Crippen LogP contribution in [0, 0.1) is 5.82 Å². The Morgan fingerprint density at radius 2 is 1.85 bits per heavy atom. The van der Waals surface area contributed by atoms with Crippen molar-refractivity contribution >= 4 is 12.0 Å². The maximum absolute atomic E-state index is 13.9. The highest BCUT2D eigenvalue weighted by molar-refractivity contribution is 5.76. The topological polar surface area (TPSA) is 111 Å². The van der Waals surface area contributed by atoms with Crippen molar-refractivity contribution < 1.29 is 37.7 Å². The Labute approximate surface area is 185 Å². The summed E-state index contributed by atoms with van der Waals surface area (Å²) in [5, 5.41) is 34.0. The Hall–Kier alpha value is -3.57. The Kier molecular flexibility index (Phi) is 7.24. The predicted molar refractivity (Wildman–Crippen MR) is 107 cm³/mol. The molecular formula is C22H18F4N3O4-. The number of benzene rings is 1. The second-order valence-corrected chi connectivity index (χ2v) is 7.11. The zero-order valence-electron chi connectivity index (χ0n) is 16.9. The molecule has 0 bridgehead atoms. The van der Waals surface area contributed by atoms with Gasteiger partial charge in [0.1, 0.15) is 5.82 Å². The molecule has 33 heavy (non-hydrogen) atoms. The van der Waals surface area contributed by atoms with E-state index in [0.717, 1.165) is 29.0 Å². The molecule has 3 aromatic rings. The molecule has 1 aromatic carbocycles. The molecule has 0 radical (unpaired) electrons. The summed E-state index contributed by atoms with van der Waals surface area (Å²) in [5.41, 5.74) is -1.55. The standard InChI is InChI=1S/C22H19F4N3O4/c23-14-6-4-13(5-7-14)20-17(9-8-15(30)11-16(31)12-19(32)33)21(22(24,25)26)28-29(20)18-3-1-2-10-27-18/h1-10,15-16,30-31H,11-12H2,(H,32,33)/p-1/b9-8+/t15-,16-/m1/s1. The summed E-state index contributed by atoms with van der Waals surface area (Å²) in [4.78, 5) is 14.6. The monoisotopic (exact) mass is 464 g/mol. The van der Waals surface area contributed by atoms with Gasteiger partial charge < -0.3 is 20.1 Å². The molecule has 0 fully saturated rings. The third-order valence-corrected chi connectivity index (χ3v) is 4.58. The first-order chi connectivity index (χ1) is 15.6. The van der Waals surface area contributed by atoms with Crippen molar-refractivity contribution in [2.45, 2.75) is 31.2 Å². The first kappa shape index (κ1) is 24.1. The predicted octanol–water partition coefficient (Wildman–Crippen LogP) is 2.36. The molecule has 0 aliphatic heterocycles. The van der Waals surface area contributed by atoms with Crippen LogP contribution in [-0.2, 0) is 11.0 Å². The quantitative estimate of drug-likeness (QED) is 0.495. The van der Waals surface area contributed by atoms with Gasteiger partial charge in [-0.05, 0) is 36.4 Å². The summed E-state index contributed by atoms with van der Waals surface area (Å²) in [5.74, 6) is -2.05. The van der Waals surface area contributed by atoms with Crippen LogP contribution in [0.2, 0.25) is 0 Å². The van der Waals surface area contributed by atoms with Crippen LogP contribution in [0.1, 0.15) is 24.1 Å². The summed E-state index contributed by atoms with van der Waals surface area (Å²) in [6, 6.07) is 9.30. The second kappa shape index (κ2) is 9.92. The molecule has 2 aromatic heterocycles. The van der Waals surface area contributed by atoms with E-state index in [1.54, 1.807) is 12.1 Å². The molecule has 0 saturated heterocycles. The van der Waals surface area contributed by atoms with E-state index in [9.17, 15) is 37.7 Å². The number of hydrogen-bond acceptors (Lipinski definition) is 6. The number of halogens is 4. The van der Waals surface area contributed by atoms with Crippen LogP contribution in [0.5, 0.6) is 0 Å². The van der Waals surface area contributed by atoms with Gasteiger partial charge in [0.05, 0.1) is 17.9 Å². The molecule has 0 amide bonds. The minimum Gasteiger partial charge on any atom is -0.550 e. The van der Waals surface area contributed by atoms with Gasteiger partial charge in [0.2, 0.25) is 0 Å². The smallest absolute Gasteiger partial charge is 0.435 e. The number of carbonyl (C=O) groups is 1. The van der Waals surface area contributed by atoms with E-state index in [1.807, 2.05) is 0 Å². The van der Waals surface area contributed by atoms with Crippen LogP contribution in [0.25, 0.3) is 23.2 Å². The van der Waals surface area contributed by atoms with Crippen LogP contribution in [0.15, 0.2) is 54.7 Å². The number of pyridine rings is 1. The number of aliphatic hydroxyl groups excluding tert-OH is 2.